The molecule has 0 saturated carbocycles. The van der Waals surface area contributed by atoms with Crippen molar-refractivity contribution in [3.63, 3.8) is 0 Å². The maximum Gasteiger partial charge on any atom is 0.410 e. The zero-order chi connectivity index (χ0) is 21.3. The van der Waals surface area contributed by atoms with Crippen molar-refractivity contribution >= 4 is 6.09 Å². The molecular weight excluding hydrogens is 386 g/mol. The molecule has 1 aliphatic rings. The van der Waals surface area contributed by atoms with Gasteiger partial charge in [0.2, 0.25) is 0 Å². The molecule has 0 bridgehead atoms. The van der Waals surface area contributed by atoms with E-state index in [2.05, 4.69) is 20.2 Å². The van der Waals surface area contributed by atoms with E-state index in [1.54, 1.807) is 34.1 Å². The van der Waals surface area contributed by atoms with Gasteiger partial charge >= 0.3 is 6.09 Å². The molecule has 1 saturated heterocycles. The number of hydrogen-bond donors (Lipinski definition) is 0. The number of hydrogen-bond acceptors (Lipinski definition) is 8. The Morgan fingerprint density at radius 3 is 2.97 bits per heavy atom. The number of aromatic nitrogens is 5. The fourth-order valence-electron chi connectivity index (χ4n) is 3.25. The molecule has 1 aliphatic heterocycles. The minimum absolute atomic E-state index is 0.246. The fraction of sp³-hybridized carbons (Fsp3) is 0.400. The van der Waals surface area contributed by atoms with Crippen LogP contribution in [-0.4, -0.2) is 48.0 Å². The van der Waals surface area contributed by atoms with Gasteiger partial charge in [-0.15, -0.1) is 0 Å². The molecule has 30 heavy (non-hydrogen) atoms. The van der Waals surface area contributed by atoms with Gasteiger partial charge < -0.3 is 9.26 Å². The highest BCUT2D eigenvalue weighted by Gasteiger charge is 2.36. The Morgan fingerprint density at radius 2 is 2.23 bits per heavy atom. The second kappa shape index (κ2) is 7.59. The number of carbonyl (C=O) groups is 1. The van der Waals surface area contributed by atoms with E-state index in [0.29, 0.717) is 29.3 Å². The molecule has 154 valence electrons. The van der Waals surface area contributed by atoms with Crippen molar-refractivity contribution in [2.75, 3.05) is 6.54 Å². The van der Waals surface area contributed by atoms with Crippen molar-refractivity contribution in [3.05, 3.63) is 42.1 Å². The van der Waals surface area contributed by atoms with Gasteiger partial charge in [0.05, 0.1) is 23.5 Å². The van der Waals surface area contributed by atoms with Crippen LogP contribution in [-0.2, 0) is 4.74 Å². The van der Waals surface area contributed by atoms with Gasteiger partial charge in [0, 0.05) is 18.9 Å². The van der Waals surface area contributed by atoms with Gasteiger partial charge in [-0.1, -0.05) is 5.16 Å². The molecule has 0 radical (unpaired) electrons. The maximum absolute atomic E-state index is 12.5. The lowest BCUT2D eigenvalue weighted by Crippen LogP contribution is -2.36. The van der Waals surface area contributed by atoms with Crippen LogP contribution < -0.4 is 0 Å². The zero-order valence-corrected chi connectivity index (χ0v) is 16.9. The van der Waals surface area contributed by atoms with E-state index in [4.69, 9.17) is 14.5 Å². The SMILES string of the molecule is CC(C)(C)OC(=O)N1CCCC1c1noc(-c2cc(-n3cc(C#N)cn3)ccn2)n1. The number of likely N-dealkylation sites (tertiary alicyclic amines) is 1. The summed E-state index contributed by atoms with van der Waals surface area (Å²) in [5.74, 6) is 0.668. The van der Waals surface area contributed by atoms with Crippen LogP contribution in [0.5, 0.6) is 0 Å². The van der Waals surface area contributed by atoms with Gasteiger partial charge in [-0.25, -0.2) is 9.48 Å². The number of ether oxygens (including phenoxy) is 1. The Morgan fingerprint density at radius 1 is 1.40 bits per heavy atom. The second-order valence-electron chi connectivity index (χ2n) is 7.97. The molecule has 4 rings (SSSR count). The largest absolute Gasteiger partial charge is 0.444 e. The van der Waals surface area contributed by atoms with E-state index in [1.807, 2.05) is 26.8 Å². The van der Waals surface area contributed by atoms with Crippen LogP contribution in [0.15, 0.2) is 35.2 Å². The minimum Gasteiger partial charge on any atom is -0.444 e. The third-order valence-corrected chi connectivity index (χ3v) is 4.56. The van der Waals surface area contributed by atoms with Gasteiger partial charge in [-0.05, 0) is 45.7 Å². The summed E-state index contributed by atoms with van der Waals surface area (Å²) in [5.41, 5.74) is 1.06. The van der Waals surface area contributed by atoms with Crippen molar-refractivity contribution in [3.8, 4) is 23.3 Å². The van der Waals surface area contributed by atoms with Crippen LogP contribution in [0, 0.1) is 11.3 Å². The predicted molar refractivity (Wildman–Crippen MR) is 104 cm³/mol. The molecule has 4 heterocycles. The van der Waals surface area contributed by atoms with Crippen LogP contribution in [0.3, 0.4) is 0 Å². The fourth-order valence-corrected chi connectivity index (χ4v) is 3.25. The van der Waals surface area contributed by atoms with E-state index in [1.165, 1.54) is 6.20 Å². The predicted octanol–water partition coefficient (Wildman–Crippen LogP) is 3.26. The lowest BCUT2D eigenvalue weighted by Gasteiger charge is -2.27. The summed E-state index contributed by atoms with van der Waals surface area (Å²) >= 11 is 0. The zero-order valence-electron chi connectivity index (χ0n) is 16.9. The molecule has 10 heteroatoms. The summed E-state index contributed by atoms with van der Waals surface area (Å²) in [4.78, 5) is 22.9. The Balaban J connectivity index is 1.56. The van der Waals surface area contributed by atoms with Crippen molar-refractivity contribution < 1.29 is 14.1 Å². The Labute approximate surface area is 173 Å². The highest BCUT2D eigenvalue weighted by molar-refractivity contribution is 5.69. The number of rotatable bonds is 3. The molecule has 0 aromatic carbocycles. The number of carbonyl (C=O) groups excluding carboxylic acids is 1. The molecule has 1 fully saturated rings. The van der Waals surface area contributed by atoms with Gasteiger partial charge in [-0.3, -0.25) is 9.88 Å². The number of pyridine rings is 1. The van der Waals surface area contributed by atoms with Gasteiger partial charge in [-0.2, -0.15) is 15.3 Å². The lowest BCUT2D eigenvalue weighted by molar-refractivity contribution is 0.0217. The van der Waals surface area contributed by atoms with Gasteiger partial charge in [0.25, 0.3) is 5.89 Å². The molecule has 0 spiro atoms. The van der Waals surface area contributed by atoms with Crippen LogP contribution in [0.2, 0.25) is 0 Å². The Bertz CT molecular complexity index is 1110. The summed E-state index contributed by atoms with van der Waals surface area (Å²) < 4.78 is 12.5. The first kappa shape index (κ1) is 19.6. The summed E-state index contributed by atoms with van der Waals surface area (Å²) in [5, 5.41) is 17.2. The molecule has 1 amide bonds. The summed E-state index contributed by atoms with van der Waals surface area (Å²) in [6, 6.07) is 5.24. The normalized spacial score (nSPS) is 16.5. The number of nitrogens with zero attached hydrogens (tertiary/aromatic N) is 7. The van der Waals surface area contributed by atoms with Crippen molar-refractivity contribution in [1.82, 2.24) is 29.8 Å². The summed E-state index contributed by atoms with van der Waals surface area (Å²) in [7, 11) is 0. The van der Waals surface area contributed by atoms with Crippen LogP contribution in [0.1, 0.15) is 51.0 Å². The maximum atomic E-state index is 12.5. The molecule has 10 nitrogen and oxygen atoms in total. The van der Waals surface area contributed by atoms with Crippen LogP contribution in [0.4, 0.5) is 4.79 Å². The number of nitriles is 1. The smallest absolute Gasteiger partial charge is 0.410 e. The monoisotopic (exact) mass is 407 g/mol. The first-order chi connectivity index (χ1) is 14.3. The molecule has 3 aromatic heterocycles. The topological polar surface area (TPSA) is 123 Å². The Hall–Kier alpha value is -3.74. The summed E-state index contributed by atoms with van der Waals surface area (Å²) in [6.07, 6.45) is 5.89. The molecular formula is C20H21N7O3. The highest BCUT2D eigenvalue weighted by atomic mass is 16.6. The third kappa shape index (κ3) is 4.00. The van der Waals surface area contributed by atoms with Crippen LogP contribution in [0.25, 0.3) is 17.3 Å². The standard InChI is InChI=1S/C20H21N7O3/c1-20(2,3)29-19(28)26-8-4-5-16(26)17-24-18(30-25-17)15-9-14(6-7-22-15)27-12-13(10-21)11-23-27/h6-7,9,11-12,16H,4-5,8H2,1-3H3. The first-order valence-electron chi connectivity index (χ1n) is 9.59. The molecule has 0 aliphatic carbocycles. The average Bonchev–Trinajstić information content (AvgIpc) is 3.46. The van der Waals surface area contributed by atoms with Crippen molar-refractivity contribution in [2.45, 2.75) is 45.3 Å². The van der Waals surface area contributed by atoms with Crippen molar-refractivity contribution in [1.29, 1.82) is 5.26 Å². The van der Waals surface area contributed by atoms with Crippen LogP contribution >= 0.6 is 0 Å². The quantitative estimate of drug-likeness (QED) is 0.648. The lowest BCUT2D eigenvalue weighted by atomic mass is 10.2. The first-order valence-corrected chi connectivity index (χ1v) is 9.59. The Kier molecular flexibility index (Phi) is 4.95. The van der Waals surface area contributed by atoms with Gasteiger partial charge in [0.15, 0.2) is 5.82 Å². The minimum atomic E-state index is -0.574. The second-order valence-corrected chi connectivity index (χ2v) is 7.97. The molecule has 0 N–H and O–H groups in total. The van der Waals surface area contributed by atoms with E-state index in [-0.39, 0.29) is 18.0 Å². The molecule has 1 unspecified atom stereocenters. The van der Waals surface area contributed by atoms with Gasteiger partial charge in [0.1, 0.15) is 17.4 Å². The molecule has 1 atom stereocenters. The molecule has 3 aromatic rings. The van der Waals surface area contributed by atoms with E-state index < -0.39 is 5.60 Å². The highest BCUT2D eigenvalue weighted by Crippen LogP contribution is 2.32. The van der Waals surface area contributed by atoms with E-state index >= 15 is 0 Å². The van der Waals surface area contributed by atoms with Crippen molar-refractivity contribution in [2.24, 2.45) is 0 Å². The summed E-state index contributed by atoms with van der Waals surface area (Å²) in [6.45, 7) is 6.08. The van der Waals surface area contributed by atoms with E-state index in [9.17, 15) is 4.79 Å². The average molecular weight is 407 g/mol. The number of amides is 1. The third-order valence-electron chi connectivity index (χ3n) is 4.56. The van der Waals surface area contributed by atoms with E-state index in [0.717, 1.165) is 12.8 Å².